The van der Waals surface area contributed by atoms with Crippen LogP contribution in [0.3, 0.4) is 0 Å². The van der Waals surface area contributed by atoms with E-state index in [1.54, 1.807) is 18.4 Å². The fourth-order valence-electron chi connectivity index (χ4n) is 3.90. The Labute approximate surface area is 215 Å². The minimum absolute atomic E-state index is 0.113. The van der Waals surface area contributed by atoms with E-state index in [4.69, 9.17) is 18.9 Å². The lowest BCUT2D eigenvalue weighted by Gasteiger charge is -2.11. The molecule has 0 saturated carbocycles. The summed E-state index contributed by atoms with van der Waals surface area (Å²) in [5.41, 5.74) is 2.20. The van der Waals surface area contributed by atoms with Gasteiger partial charge in [-0.1, -0.05) is 30.3 Å². The van der Waals surface area contributed by atoms with Crippen molar-refractivity contribution in [3.05, 3.63) is 103 Å². The lowest BCUT2D eigenvalue weighted by Crippen LogP contribution is -2.04. The molecule has 5 aromatic rings. The molecular formula is C31H28O4S. The molecule has 182 valence electrons. The summed E-state index contributed by atoms with van der Waals surface area (Å²) in [6, 6.07) is 32.1. The highest BCUT2D eigenvalue weighted by Crippen LogP contribution is 2.47. The van der Waals surface area contributed by atoms with Gasteiger partial charge < -0.3 is 18.9 Å². The molecule has 0 aliphatic carbocycles. The van der Waals surface area contributed by atoms with E-state index in [0.717, 1.165) is 54.8 Å². The summed E-state index contributed by atoms with van der Waals surface area (Å²) in [6.45, 7) is 4.59. The molecular weight excluding hydrogens is 468 g/mol. The number of hydrogen-bond donors (Lipinski definition) is 0. The Morgan fingerprint density at radius 3 is 2.08 bits per heavy atom. The first-order valence-corrected chi connectivity index (χ1v) is 12.7. The van der Waals surface area contributed by atoms with E-state index >= 15 is 0 Å². The zero-order valence-electron chi connectivity index (χ0n) is 20.6. The fourth-order valence-corrected chi connectivity index (χ4v) is 5.06. The van der Waals surface area contributed by atoms with Gasteiger partial charge in [0.2, 0.25) is 0 Å². The van der Waals surface area contributed by atoms with Crippen LogP contribution in [0.5, 0.6) is 28.7 Å². The van der Waals surface area contributed by atoms with E-state index in [0.29, 0.717) is 6.61 Å². The predicted octanol–water partition coefficient (Wildman–Crippen LogP) is 8.74. The molecule has 0 bridgehead atoms. The molecule has 0 radical (unpaired) electrons. The molecule has 0 aliphatic heterocycles. The average Bonchev–Trinajstić information content (AvgIpc) is 3.26. The minimum Gasteiger partial charge on any atom is -0.497 e. The predicted molar refractivity (Wildman–Crippen MR) is 147 cm³/mol. The molecule has 0 N–H and O–H groups in total. The molecule has 0 saturated heterocycles. The van der Waals surface area contributed by atoms with Crippen molar-refractivity contribution in [2.45, 2.75) is 26.6 Å². The number of methoxy groups -OCH3 is 1. The highest BCUT2D eigenvalue weighted by Gasteiger charge is 2.18. The minimum atomic E-state index is 0.113. The molecule has 1 heterocycles. The van der Waals surface area contributed by atoms with Crippen molar-refractivity contribution in [2.24, 2.45) is 0 Å². The fraction of sp³-hybridized carbons (Fsp3) is 0.161. The first-order chi connectivity index (χ1) is 17.6. The van der Waals surface area contributed by atoms with Crippen LogP contribution in [0.1, 0.15) is 19.4 Å². The molecule has 0 amide bonds. The Balaban J connectivity index is 1.44. The van der Waals surface area contributed by atoms with Crippen molar-refractivity contribution in [3.8, 4) is 39.2 Å². The normalized spacial score (nSPS) is 11.0. The quantitative estimate of drug-likeness (QED) is 0.204. The lowest BCUT2D eigenvalue weighted by molar-refractivity contribution is 0.243. The number of thiophene rings is 1. The number of rotatable bonds is 9. The Kier molecular flexibility index (Phi) is 7.10. The van der Waals surface area contributed by atoms with Gasteiger partial charge >= 0.3 is 0 Å². The van der Waals surface area contributed by atoms with Crippen molar-refractivity contribution < 1.29 is 18.9 Å². The molecule has 4 nitrogen and oxygen atoms in total. The summed E-state index contributed by atoms with van der Waals surface area (Å²) in [5, 5.41) is 1.05. The highest BCUT2D eigenvalue weighted by atomic mass is 32.1. The van der Waals surface area contributed by atoms with Crippen LogP contribution in [0, 0.1) is 0 Å². The monoisotopic (exact) mass is 496 g/mol. The Bertz CT molecular complexity index is 1420. The standard InChI is InChI=1S/C31H28O4S/c1-21(2)34-27-17-18-28-29(19-27)36-31(23-9-11-24(32-3)12-10-23)30(28)35-26-15-13-25(14-16-26)33-20-22-7-5-4-6-8-22/h4-19,21H,20H2,1-3H3. The van der Waals surface area contributed by atoms with Crippen LogP contribution in [0.4, 0.5) is 0 Å². The lowest BCUT2D eigenvalue weighted by atomic mass is 10.1. The molecule has 0 aliphatic rings. The van der Waals surface area contributed by atoms with Crippen molar-refractivity contribution in [1.82, 2.24) is 0 Å². The maximum atomic E-state index is 6.50. The van der Waals surface area contributed by atoms with E-state index in [2.05, 4.69) is 36.4 Å². The summed E-state index contributed by atoms with van der Waals surface area (Å²) in [5.74, 6) is 4.05. The van der Waals surface area contributed by atoms with Gasteiger partial charge in [0.25, 0.3) is 0 Å². The number of ether oxygens (including phenoxy) is 4. The van der Waals surface area contributed by atoms with Gasteiger partial charge in [-0.3, -0.25) is 0 Å². The molecule has 1 aromatic heterocycles. The Morgan fingerprint density at radius 1 is 0.722 bits per heavy atom. The zero-order chi connectivity index (χ0) is 24.9. The van der Waals surface area contributed by atoms with Crippen LogP contribution >= 0.6 is 11.3 Å². The summed E-state index contributed by atoms with van der Waals surface area (Å²) < 4.78 is 24.8. The summed E-state index contributed by atoms with van der Waals surface area (Å²) >= 11 is 1.69. The van der Waals surface area contributed by atoms with Crippen LogP contribution in [-0.2, 0) is 6.61 Å². The van der Waals surface area contributed by atoms with Gasteiger partial charge in [-0.05, 0) is 91.7 Å². The van der Waals surface area contributed by atoms with Crippen LogP contribution in [0.2, 0.25) is 0 Å². The number of benzene rings is 4. The van der Waals surface area contributed by atoms with E-state index in [9.17, 15) is 0 Å². The molecule has 5 heteroatoms. The molecule has 0 unspecified atom stereocenters. The summed E-state index contributed by atoms with van der Waals surface area (Å²) in [7, 11) is 1.67. The smallest absolute Gasteiger partial charge is 0.153 e. The number of hydrogen-bond acceptors (Lipinski definition) is 5. The van der Waals surface area contributed by atoms with Crippen molar-refractivity contribution in [3.63, 3.8) is 0 Å². The van der Waals surface area contributed by atoms with Gasteiger partial charge in [-0.15, -0.1) is 11.3 Å². The van der Waals surface area contributed by atoms with E-state index < -0.39 is 0 Å². The average molecular weight is 497 g/mol. The molecule has 0 fully saturated rings. The zero-order valence-corrected chi connectivity index (χ0v) is 21.4. The van der Waals surface area contributed by atoms with E-state index in [1.165, 1.54) is 0 Å². The van der Waals surface area contributed by atoms with E-state index in [1.807, 2.05) is 74.5 Å². The Hall–Kier alpha value is -3.96. The van der Waals surface area contributed by atoms with Gasteiger partial charge in [-0.25, -0.2) is 0 Å². The highest BCUT2D eigenvalue weighted by molar-refractivity contribution is 7.22. The van der Waals surface area contributed by atoms with Crippen molar-refractivity contribution in [2.75, 3.05) is 7.11 Å². The van der Waals surface area contributed by atoms with Crippen LogP contribution in [0.25, 0.3) is 20.5 Å². The largest absolute Gasteiger partial charge is 0.497 e. The van der Waals surface area contributed by atoms with Crippen molar-refractivity contribution in [1.29, 1.82) is 0 Å². The second-order valence-corrected chi connectivity index (χ2v) is 9.71. The van der Waals surface area contributed by atoms with Gasteiger partial charge in [0, 0.05) is 10.1 Å². The molecule has 36 heavy (non-hydrogen) atoms. The molecule has 0 atom stereocenters. The SMILES string of the molecule is COc1ccc(-c2sc3cc(OC(C)C)ccc3c2Oc2ccc(OCc3ccccc3)cc2)cc1. The van der Waals surface area contributed by atoms with Gasteiger partial charge in [0.15, 0.2) is 5.75 Å². The third-order valence-corrected chi connectivity index (χ3v) is 6.81. The van der Waals surface area contributed by atoms with Crippen molar-refractivity contribution >= 4 is 21.4 Å². The second kappa shape index (κ2) is 10.8. The van der Waals surface area contributed by atoms with E-state index in [-0.39, 0.29) is 6.10 Å². The number of fused-ring (bicyclic) bond motifs is 1. The summed E-state index contributed by atoms with van der Waals surface area (Å²) in [6.07, 6.45) is 0.113. The maximum Gasteiger partial charge on any atom is 0.153 e. The topological polar surface area (TPSA) is 36.9 Å². The Morgan fingerprint density at radius 2 is 1.39 bits per heavy atom. The third kappa shape index (κ3) is 5.47. The third-order valence-electron chi connectivity index (χ3n) is 5.63. The van der Waals surface area contributed by atoms with Gasteiger partial charge in [-0.2, -0.15) is 0 Å². The second-order valence-electron chi connectivity index (χ2n) is 8.66. The molecule has 0 spiro atoms. The van der Waals surface area contributed by atoms with Gasteiger partial charge in [0.1, 0.15) is 29.6 Å². The van der Waals surface area contributed by atoms with Crippen LogP contribution in [0.15, 0.2) is 97.1 Å². The first-order valence-electron chi connectivity index (χ1n) is 11.9. The maximum absolute atomic E-state index is 6.50. The molecule has 4 aromatic carbocycles. The van der Waals surface area contributed by atoms with Gasteiger partial charge in [0.05, 0.1) is 18.1 Å². The summed E-state index contributed by atoms with van der Waals surface area (Å²) in [4.78, 5) is 1.05. The molecule has 5 rings (SSSR count). The first kappa shape index (κ1) is 23.8. The van der Waals surface area contributed by atoms with Crippen LogP contribution in [-0.4, -0.2) is 13.2 Å². The van der Waals surface area contributed by atoms with Crippen LogP contribution < -0.4 is 18.9 Å².